The smallest absolute Gasteiger partial charge is 0.243 e. The molecule has 0 bridgehead atoms. The number of rotatable bonds is 6. The molecule has 1 aliphatic rings. The molecule has 1 fully saturated rings. The largest absolute Gasteiger partial charge is 0.343 e. The van der Waals surface area contributed by atoms with E-state index in [0.717, 1.165) is 17.5 Å². The lowest BCUT2D eigenvalue weighted by atomic mass is 9.89. The van der Waals surface area contributed by atoms with Gasteiger partial charge in [0.2, 0.25) is 16.4 Å². The van der Waals surface area contributed by atoms with Crippen LogP contribution >= 0.6 is 0 Å². The van der Waals surface area contributed by atoms with Crippen molar-refractivity contribution in [2.45, 2.75) is 64.2 Å². The number of piperazine rings is 1. The molecule has 6 heteroatoms. The predicted octanol–water partition coefficient (Wildman–Crippen LogP) is 3.52. The van der Waals surface area contributed by atoms with Gasteiger partial charge in [-0.25, -0.2) is 8.42 Å². The lowest BCUT2D eigenvalue weighted by molar-refractivity contribution is -0.119. The Morgan fingerprint density at radius 1 is 0.846 bits per heavy atom. The molecular formula is C20H32N2O3S. The summed E-state index contributed by atoms with van der Waals surface area (Å²) in [7, 11) is -3.60. The second-order valence-electron chi connectivity index (χ2n) is 8.04. The van der Waals surface area contributed by atoms with Crippen molar-refractivity contribution in [2.24, 2.45) is 0 Å². The van der Waals surface area contributed by atoms with Crippen LogP contribution in [0.1, 0.15) is 76.0 Å². The van der Waals surface area contributed by atoms with E-state index in [1.165, 1.54) is 9.87 Å². The summed E-state index contributed by atoms with van der Waals surface area (Å²) in [5.41, 5.74) is 2.98. The summed E-state index contributed by atoms with van der Waals surface area (Å²) in [5.74, 6) is 0.581. The molecule has 0 atom stereocenters. The summed E-state index contributed by atoms with van der Waals surface area (Å²) in [5, 5.41) is 0. The fourth-order valence-corrected chi connectivity index (χ4v) is 5.45. The van der Waals surface area contributed by atoms with Crippen molar-refractivity contribution < 1.29 is 13.2 Å². The Kier molecular flexibility index (Phi) is 6.51. The summed E-state index contributed by atoms with van der Waals surface area (Å²) in [4.78, 5) is 13.0. The summed E-state index contributed by atoms with van der Waals surface area (Å²) < 4.78 is 28.6. The van der Waals surface area contributed by atoms with Gasteiger partial charge in [0, 0.05) is 26.2 Å². The van der Waals surface area contributed by atoms with Gasteiger partial charge in [-0.1, -0.05) is 53.7 Å². The number of carbonyl (C=O) groups is 1. The highest BCUT2D eigenvalue weighted by molar-refractivity contribution is 7.89. The van der Waals surface area contributed by atoms with Crippen molar-refractivity contribution in [3.05, 3.63) is 28.8 Å². The number of sulfonamides is 1. The third-order valence-electron chi connectivity index (χ3n) is 5.10. The van der Waals surface area contributed by atoms with Crippen LogP contribution in [0.15, 0.2) is 17.0 Å². The summed E-state index contributed by atoms with van der Waals surface area (Å²) in [6.45, 7) is 14.1. The third kappa shape index (κ3) is 4.12. The minimum atomic E-state index is -3.60. The molecular weight excluding hydrogens is 348 g/mol. The zero-order valence-electron chi connectivity index (χ0n) is 16.8. The zero-order valence-corrected chi connectivity index (χ0v) is 17.6. The highest BCUT2D eigenvalue weighted by atomic mass is 32.2. The zero-order chi connectivity index (χ0) is 19.6. The molecule has 0 N–H and O–H groups in total. The third-order valence-corrected chi connectivity index (χ3v) is 7.13. The second kappa shape index (κ2) is 8.09. The molecule has 1 heterocycles. The van der Waals surface area contributed by atoms with Gasteiger partial charge in [-0.05, 0) is 34.4 Å². The number of amides is 1. The molecule has 1 aliphatic heterocycles. The maximum absolute atomic E-state index is 13.5. The van der Waals surface area contributed by atoms with Gasteiger partial charge in [-0.3, -0.25) is 4.79 Å². The Labute approximate surface area is 158 Å². The highest BCUT2D eigenvalue weighted by Crippen LogP contribution is 2.36. The molecule has 1 aromatic rings. The molecule has 0 saturated carbocycles. The summed E-state index contributed by atoms with van der Waals surface area (Å²) in [6, 6.07) is 4.13. The molecule has 26 heavy (non-hydrogen) atoms. The van der Waals surface area contributed by atoms with Crippen LogP contribution in [0, 0.1) is 0 Å². The molecule has 5 nitrogen and oxygen atoms in total. The topological polar surface area (TPSA) is 57.7 Å². The normalized spacial score (nSPS) is 16.7. The maximum Gasteiger partial charge on any atom is 0.243 e. The molecule has 1 saturated heterocycles. The number of hydrogen-bond acceptors (Lipinski definition) is 3. The van der Waals surface area contributed by atoms with E-state index in [2.05, 4.69) is 26.0 Å². The van der Waals surface area contributed by atoms with Crippen LogP contribution in [0.5, 0.6) is 0 Å². The number of benzene rings is 1. The van der Waals surface area contributed by atoms with E-state index < -0.39 is 10.0 Å². The van der Waals surface area contributed by atoms with Gasteiger partial charge in [0.25, 0.3) is 0 Å². The van der Waals surface area contributed by atoms with E-state index in [1.807, 2.05) is 27.7 Å². The molecule has 2 rings (SSSR count). The summed E-state index contributed by atoms with van der Waals surface area (Å²) in [6.07, 6.45) is 0.792. The van der Waals surface area contributed by atoms with Crippen LogP contribution < -0.4 is 0 Å². The van der Waals surface area contributed by atoms with E-state index in [4.69, 9.17) is 0 Å². The molecule has 0 aromatic heterocycles. The Balaban J connectivity index is 2.60. The molecule has 0 spiro atoms. The summed E-state index contributed by atoms with van der Waals surface area (Å²) >= 11 is 0. The maximum atomic E-state index is 13.5. The highest BCUT2D eigenvalue weighted by Gasteiger charge is 2.33. The van der Waals surface area contributed by atoms with Crippen LogP contribution in [0.3, 0.4) is 0 Å². The van der Waals surface area contributed by atoms with E-state index in [-0.39, 0.29) is 11.8 Å². The van der Waals surface area contributed by atoms with E-state index >= 15 is 0 Å². The van der Waals surface area contributed by atoms with Gasteiger partial charge in [0.1, 0.15) is 0 Å². The number of hydrogen-bond donors (Lipinski definition) is 0. The quantitative estimate of drug-likeness (QED) is 0.710. The van der Waals surface area contributed by atoms with Crippen LogP contribution in [0.25, 0.3) is 0 Å². The first-order valence-electron chi connectivity index (χ1n) is 9.46. The average molecular weight is 381 g/mol. The van der Waals surface area contributed by atoms with Crippen LogP contribution in [0.4, 0.5) is 0 Å². The SMILES string of the molecule is CC(C)c1cc(C(C)C)c(S(=O)(=O)N2CCN(C=O)CC2)c(C(C)C)c1. The molecule has 146 valence electrons. The minimum absolute atomic E-state index is 0.118. The van der Waals surface area contributed by atoms with E-state index in [9.17, 15) is 13.2 Å². The van der Waals surface area contributed by atoms with E-state index in [0.29, 0.717) is 37.0 Å². The molecule has 1 amide bonds. The van der Waals surface area contributed by atoms with Gasteiger partial charge in [0.15, 0.2) is 0 Å². The Morgan fingerprint density at radius 3 is 1.65 bits per heavy atom. The lowest BCUT2D eigenvalue weighted by Gasteiger charge is -2.33. The lowest BCUT2D eigenvalue weighted by Crippen LogP contribution is -2.48. The Hall–Kier alpha value is -1.40. The van der Waals surface area contributed by atoms with E-state index in [1.54, 1.807) is 4.90 Å². The standard InChI is InChI=1S/C20H32N2O3S/c1-14(2)17-11-18(15(3)4)20(19(12-17)16(5)6)26(24,25)22-9-7-21(13-23)8-10-22/h11-16H,7-10H2,1-6H3. The first-order chi connectivity index (χ1) is 12.1. The van der Waals surface area contributed by atoms with Gasteiger partial charge in [0.05, 0.1) is 4.90 Å². The van der Waals surface area contributed by atoms with Gasteiger partial charge >= 0.3 is 0 Å². The van der Waals surface area contributed by atoms with Gasteiger partial charge < -0.3 is 4.90 Å². The molecule has 0 unspecified atom stereocenters. The first kappa shape index (κ1) is 20.9. The van der Waals surface area contributed by atoms with Crippen molar-refractivity contribution in [2.75, 3.05) is 26.2 Å². The number of nitrogens with zero attached hydrogens (tertiary/aromatic N) is 2. The molecule has 1 aromatic carbocycles. The average Bonchev–Trinajstić information content (AvgIpc) is 2.60. The molecule has 0 aliphatic carbocycles. The van der Waals surface area contributed by atoms with Crippen molar-refractivity contribution >= 4 is 16.4 Å². The first-order valence-corrected chi connectivity index (χ1v) is 10.9. The van der Waals surface area contributed by atoms with Crippen molar-refractivity contribution in [3.63, 3.8) is 0 Å². The monoisotopic (exact) mass is 380 g/mol. The van der Waals surface area contributed by atoms with Crippen molar-refractivity contribution in [1.29, 1.82) is 0 Å². The Morgan fingerprint density at radius 2 is 1.31 bits per heavy atom. The van der Waals surface area contributed by atoms with Crippen LogP contribution in [-0.4, -0.2) is 50.2 Å². The molecule has 0 radical (unpaired) electrons. The van der Waals surface area contributed by atoms with Gasteiger partial charge in [-0.15, -0.1) is 0 Å². The van der Waals surface area contributed by atoms with Gasteiger partial charge in [-0.2, -0.15) is 4.31 Å². The Bertz CT molecular complexity index is 717. The fraction of sp³-hybridized carbons (Fsp3) is 0.650. The van der Waals surface area contributed by atoms with Crippen molar-refractivity contribution in [3.8, 4) is 0 Å². The predicted molar refractivity (Wildman–Crippen MR) is 105 cm³/mol. The number of carbonyl (C=O) groups excluding carboxylic acids is 1. The fourth-order valence-electron chi connectivity index (χ4n) is 3.37. The second-order valence-corrected chi connectivity index (χ2v) is 9.91. The van der Waals surface area contributed by atoms with Crippen LogP contribution in [0.2, 0.25) is 0 Å². The van der Waals surface area contributed by atoms with Crippen molar-refractivity contribution in [1.82, 2.24) is 9.21 Å². The van der Waals surface area contributed by atoms with Crippen LogP contribution in [-0.2, 0) is 14.8 Å². The minimum Gasteiger partial charge on any atom is -0.343 e.